The summed E-state index contributed by atoms with van der Waals surface area (Å²) in [6, 6.07) is 14.9. The molecule has 1 N–H and O–H groups in total. The van der Waals surface area contributed by atoms with Crippen LogP contribution in [0, 0.1) is 0 Å². The van der Waals surface area contributed by atoms with Crippen molar-refractivity contribution in [2.24, 2.45) is 0 Å². The molecule has 312 valence electrons. The Bertz CT molecular complexity index is 1540. The number of ether oxygens (including phenoxy) is 5. The van der Waals surface area contributed by atoms with Gasteiger partial charge >= 0.3 is 20.9 Å². The summed E-state index contributed by atoms with van der Waals surface area (Å²) in [6.07, 6.45) is 3.32. The van der Waals surface area contributed by atoms with Gasteiger partial charge in [-0.15, -0.1) is 0 Å². The van der Waals surface area contributed by atoms with E-state index in [1.807, 2.05) is 6.07 Å². The summed E-state index contributed by atoms with van der Waals surface area (Å²) < 4.78 is 75.9. The van der Waals surface area contributed by atoms with Crippen molar-refractivity contribution in [2.75, 3.05) is 32.6 Å². The second-order valence-electron chi connectivity index (χ2n) is 16.4. The van der Waals surface area contributed by atoms with Crippen LogP contribution in [0.4, 0.5) is 4.79 Å². The molecule has 0 spiro atoms. The fourth-order valence-corrected chi connectivity index (χ4v) is 5.82. The van der Waals surface area contributed by atoms with E-state index in [0.29, 0.717) is 25.1 Å². The third-order valence-electron chi connectivity index (χ3n) is 7.50. The average Bonchev–Trinajstić information content (AvgIpc) is 3.03. The zero-order valence-electron chi connectivity index (χ0n) is 34.4. The molecular weight excluding hydrogens is 749 g/mol. The summed E-state index contributed by atoms with van der Waals surface area (Å²) in [5.74, 6) is 0.0110. The van der Waals surface area contributed by atoms with E-state index in [0.717, 1.165) is 51.4 Å². The smallest absolute Gasteiger partial charge is 0.444 e. The van der Waals surface area contributed by atoms with Crippen molar-refractivity contribution in [1.29, 1.82) is 0 Å². The zero-order chi connectivity index (χ0) is 41.3. The molecule has 55 heavy (non-hydrogen) atoms. The van der Waals surface area contributed by atoms with E-state index in [9.17, 15) is 22.9 Å². The molecule has 13 nitrogen and oxygen atoms in total. The standard InChI is InChI=1S/C40H64NO12PS/c1-37(2,3)50-36(43)41(25-17-11-12-18-26-47-27-19-16-22-31-20-14-13-15-21-31)29-34(42)32-23-24-35(33(28-32)30-48-55(10,45)46)49-40(53-54-44,51-38(4,5)6)52-39(7,8)9/h13-15,20-21,23-24,28,34,42H,11-12,16-19,22,25-27,29-30H2,1-10H3. The molecule has 15 heteroatoms. The second-order valence-corrected chi connectivity index (χ2v) is 18.4. The minimum absolute atomic E-state index is 0.0110. The molecule has 0 fully saturated rings. The molecule has 0 aliphatic rings. The third kappa shape index (κ3) is 21.4. The van der Waals surface area contributed by atoms with Crippen molar-refractivity contribution >= 4 is 24.9 Å². The van der Waals surface area contributed by atoms with Crippen LogP contribution in [0.25, 0.3) is 0 Å². The lowest BCUT2D eigenvalue weighted by Gasteiger charge is -2.39. The Morgan fingerprint density at radius 2 is 1.42 bits per heavy atom. The number of aryl methyl sites for hydroxylation is 1. The third-order valence-corrected chi connectivity index (χ3v) is 8.35. The number of amides is 1. The molecule has 0 aliphatic carbocycles. The Labute approximate surface area is 330 Å². The van der Waals surface area contributed by atoms with Gasteiger partial charge in [-0.1, -0.05) is 49.2 Å². The molecule has 2 aromatic rings. The minimum Gasteiger partial charge on any atom is -0.444 e. The SMILES string of the molecule is CC(C)(C)OC(=O)N(CCCCCCOCCCCc1ccccc1)CC(O)c1ccc(OC(OP=O)(OC(C)(C)C)OC(C)(C)C)c(COS(C)(=O)=O)c1. The first kappa shape index (κ1) is 48.5. The maximum absolute atomic E-state index is 13.3. The molecule has 1 atom stereocenters. The van der Waals surface area contributed by atoms with Gasteiger partial charge in [0, 0.05) is 25.3 Å². The van der Waals surface area contributed by atoms with Gasteiger partial charge in [0.1, 0.15) is 11.4 Å². The molecule has 0 radical (unpaired) electrons. The van der Waals surface area contributed by atoms with Gasteiger partial charge in [-0.05, 0) is 118 Å². The van der Waals surface area contributed by atoms with Crippen LogP contribution in [0.3, 0.4) is 0 Å². The Balaban J connectivity index is 2.15. The lowest BCUT2D eigenvalue weighted by molar-refractivity contribution is -0.478. The van der Waals surface area contributed by atoms with Crippen LogP contribution < -0.4 is 4.74 Å². The summed E-state index contributed by atoms with van der Waals surface area (Å²) in [6.45, 7) is 16.8. The lowest BCUT2D eigenvalue weighted by Crippen LogP contribution is -2.51. The van der Waals surface area contributed by atoms with Crippen molar-refractivity contribution in [1.82, 2.24) is 4.90 Å². The van der Waals surface area contributed by atoms with Crippen molar-refractivity contribution in [3.05, 3.63) is 65.2 Å². The van der Waals surface area contributed by atoms with Crippen molar-refractivity contribution in [3.63, 3.8) is 0 Å². The van der Waals surface area contributed by atoms with Crippen LogP contribution in [0.5, 0.6) is 5.75 Å². The van der Waals surface area contributed by atoms with Gasteiger partial charge in [0.25, 0.3) is 10.1 Å². The molecule has 1 unspecified atom stereocenters. The number of unbranched alkanes of at least 4 members (excludes halogenated alkanes) is 4. The second kappa shape index (κ2) is 22.3. The van der Waals surface area contributed by atoms with Gasteiger partial charge in [0.05, 0.1) is 36.7 Å². The van der Waals surface area contributed by atoms with Crippen LogP contribution >= 0.6 is 8.69 Å². The van der Waals surface area contributed by atoms with E-state index in [4.69, 9.17) is 32.4 Å². The summed E-state index contributed by atoms with van der Waals surface area (Å²) in [5, 5.41) is 11.4. The highest BCUT2D eigenvalue weighted by molar-refractivity contribution is 7.85. The Morgan fingerprint density at radius 3 is 1.98 bits per heavy atom. The monoisotopic (exact) mass is 813 g/mol. The maximum Gasteiger partial charge on any atom is 0.472 e. The van der Waals surface area contributed by atoms with Crippen LogP contribution in [0.2, 0.25) is 0 Å². The highest BCUT2D eigenvalue weighted by atomic mass is 32.2. The normalized spacial score (nSPS) is 13.5. The predicted molar refractivity (Wildman–Crippen MR) is 211 cm³/mol. The van der Waals surface area contributed by atoms with Gasteiger partial charge in [-0.25, -0.2) is 9.36 Å². The zero-order valence-corrected chi connectivity index (χ0v) is 36.1. The van der Waals surface area contributed by atoms with E-state index in [2.05, 4.69) is 24.3 Å². The molecule has 0 heterocycles. The van der Waals surface area contributed by atoms with Crippen LogP contribution in [-0.4, -0.2) is 80.0 Å². The van der Waals surface area contributed by atoms with Crippen molar-refractivity contribution < 1.29 is 55.3 Å². The van der Waals surface area contributed by atoms with E-state index in [-0.39, 0.29) is 17.9 Å². The first-order valence-corrected chi connectivity index (χ1v) is 21.4. The molecule has 0 saturated heterocycles. The molecule has 0 saturated carbocycles. The molecule has 0 bridgehead atoms. The largest absolute Gasteiger partial charge is 0.472 e. The first-order chi connectivity index (χ1) is 25.5. The number of carbonyl (C=O) groups excluding carboxylic acids is 1. The van der Waals surface area contributed by atoms with E-state index < -0.39 is 60.6 Å². The quantitative estimate of drug-likeness (QED) is 0.0466. The average molecular weight is 814 g/mol. The number of hydrogen-bond donors (Lipinski definition) is 1. The summed E-state index contributed by atoms with van der Waals surface area (Å²) in [4.78, 5) is 14.8. The fourth-order valence-electron chi connectivity index (χ4n) is 5.28. The van der Waals surface area contributed by atoms with E-state index in [1.165, 1.54) is 22.6 Å². The Morgan fingerprint density at radius 1 is 0.818 bits per heavy atom. The minimum atomic E-state index is -3.91. The summed E-state index contributed by atoms with van der Waals surface area (Å²) in [5.41, 5.74) is -0.735. The van der Waals surface area contributed by atoms with E-state index in [1.54, 1.807) is 68.4 Å². The Hall–Kier alpha value is -2.68. The molecule has 0 aliphatic heterocycles. The van der Waals surface area contributed by atoms with Gasteiger partial charge in [0.15, 0.2) is 0 Å². The van der Waals surface area contributed by atoms with Crippen LogP contribution in [0.1, 0.15) is 124 Å². The van der Waals surface area contributed by atoms with E-state index >= 15 is 0 Å². The molecule has 2 aromatic carbocycles. The van der Waals surface area contributed by atoms with Crippen LogP contribution in [0.15, 0.2) is 48.5 Å². The molecular formula is C40H64NO12PS. The number of benzene rings is 2. The number of rotatable bonds is 24. The number of hydrogen-bond acceptors (Lipinski definition) is 12. The molecule has 0 aromatic heterocycles. The highest BCUT2D eigenvalue weighted by Gasteiger charge is 2.46. The van der Waals surface area contributed by atoms with Gasteiger partial charge < -0.3 is 24.2 Å². The Kier molecular flexibility index (Phi) is 19.7. The van der Waals surface area contributed by atoms with Gasteiger partial charge in [0.2, 0.25) is 0 Å². The number of carbonyl (C=O) groups is 1. The predicted octanol–water partition coefficient (Wildman–Crippen LogP) is 8.88. The fraction of sp³-hybridized carbons (Fsp3) is 0.675. The van der Waals surface area contributed by atoms with Crippen LogP contribution in [-0.2, 0) is 55.4 Å². The lowest BCUT2D eigenvalue weighted by atomic mass is 10.0. The van der Waals surface area contributed by atoms with Crippen molar-refractivity contribution in [3.8, 4) is 5.75 Å². The van der Waals surface area contributed by atoms with Gasteiger partial charge in [-0.3, -0.25) is 13.7 Å². The molecule has 1 amide bonds. The summed E-state index contributed by atoms with van der Waals surface area (Å²) >= 11 is 0. The van der Waals surface area contributed by atoms with Crippen molar-refractivity contribution in [2.45, 2.75) is 143 Å². The number of nitrogens with zero attached hydrogens (tertiary/aromatic N) is 1. The first-order valence-electron chi connectivity index (χ1n) is 18.8. The number of aliphatic hydroxyl groups excluding tert-OH is 1. The maximum atomic E-state index is 13.3. The summed E-state index contributed by atoms with van der Waals surface area (Å²) in [7, 11) is -4.72. The van der Waals surface area contributed by atoms with Gasteiger partial charge in [-0.2, -0.15) is 12.9 Å². The highest BCUT2D eigenvalue weighted by Crippen LogP contribution is 2.36. The number of aliphatic hydroxyl groups is 1. The topological polar surface area (TPSA) is 156 Å². The molecule has 2 rings (SSSR count).